The van der Waals surface area contributed by atoms with Crippen molar-refractivity contribution in [1.82, 2.24) is 25.3 Å². The van der Waals surface area contributed by atoms with Gasteiger partial charge in [-0.1, -0.05) is 23.7 Å². The number of nitrogens with zero attached hydrogens (tertiary/aromatic N) is 4. The van der Waals surface area contributed by atoms with Gasteiger partial charge in [-0.15, -0.1) is 24.0 Å². The molecule has 0 aliphatic carbocycles. The Kier molecular flexibility index (Phi) is 9.44. The Hall–Kier alpha value is -1.53. The predicted molar refractivity (Wildman–Crippen MR) is 127 cm³/mol. The standard InChI is InChI=1S/C20H26ClF3N6.HI/c1-25-19(26-11-15-13-29(2)28-18(15)20(22,23)24)27-17-7-9-30(10-8-17)12-14-3-5-16(21)6-4-14;/h3-6,13,17H,7-12H2,1-2H3,(H2,25,26,27);1H. The predicted octanol–water partition coefficient (Wildman–Crippen LogP) is 4.04. The molecule has 6 nitrogen and oxygen atoms in total. The van der Waals surface area contributed by atoms with Crippen LogP contribution < -0.4 is 10.6 Å². The fraction of sp³-hybridized carbons (Fsp3) is 0.500. The Bertz CT molecular complexity index is 861. The van der Waals surface area contributed by atoms with Crippen molar-refractivity contribution in [2.75, 3.05) is 20.1 Å². The van der Waals surface area contributed by atoms with Gasteiger partial charge in [-0.25, -0.2) is 0 Å². The summed E-state index contributed by atoms with van der Waals surface area (Å²) < 4.78 is 40.5. The summed E-state index contributed by atoms with van der Waals surface area (Å²) in [6.45, 7) is 2.73. The number of hydrogen-bond acceptors (Lipinski definition) is 3. The second-order valence-electron chi connectivity index (χ2n) is 7.42. The molecule has 2 N–H and O–H groups in total. The molecular formula is C20H27ClF3IN6. The maximum atomic E-state index is 13.1. The number of aromatic nitrogens is 2. The number of rotatable bonds is 5. The number of hydrogen-bond donors (Lipinski definition) is 2. The van der Waals surface area contributed by atoms with E-state index in [4.69, 9.17) is 11.6 Å². The number of benzene rings is 1. The number of aliphatic imine (C=N–C) groups is 1. The molecule has 172 valence electrons. The number of halogens is 5. The minimum atomic E-state index is -4.48. The van der Waals surface area contributed by atoms with Crippen LogP contribution in [0.15, 0.2) is 35.5 Å². The number of guanidine groups is 1. The van der Waals surface area contributed by atoms with Crippen molar-refractivity contribution in [1.29, 1.82) is 0 Å². The van der Waals surface area contributed by atoms with Gasteiger partial charge >= 0.3 is 6.18 Å². The lowest BCUT2D eigenvalue weighted by Crippen LogP contribution is -2.48. The van der Waals surface area contributed by atoms with Crippen molar-refractivity contribution in [3.63, 3.8) is 0 Å². The molecule has 2 heterocycles. The van der Waals surface area contributed by atoms with Crippen molar-refractivity contribution in [3.05, 3.63) is 52.3 Å². The molecule has 0 saturated carbocycles. The van der Waals surface area contributed by atoms with Crippen molar-refractivity contribution in [2.45, 2.75) is 38.1 Å². The summed E-state index contributed by atoms with van der Waals surface area (Å²) >= 11 is 5.93. The summed E-state index contributed by atoms with van der Waals surface area (Å²) in [5, 5.41) is 10.6. The van der Waals surface area contributed by atoms with Gasteiger partial charge in [0.05, 0.1) is 0 Å². The zero-order chi connectivity index (χ0) is 21.7. The Morgan fingerprint density at radius 1 is 1.23 bits per heavy atom. The molecule has 1 aliphatic heterocycles. The second kappa shape index (κ2) is 11.4. The van der Waals surface area contributed by atoms with E-state index in [0.717, 1.165) is 37.5 Å². The molecule has 1 saturated heterocycles. The molecule has 1 fully saturated rings. The highest BCUT2D eigenvalue weighted by molar-refractivity contribution is 14.0. The van der Waals surface area contributed by atoms with E-state index in [1.807, 2.05) is 24.3 Å². The molecule has 0 atom stereocenters. The molecule has 2 aromatic rings. The van der Waals surface area contributed by atoms with Crippen LogP contribution in [0.4, 0.5) is 13.2 Å². The molecule has 0 amide bonds. The number of piperidine rings is 1. The zero-order valence-electron chi connectivity index (χ0n) is 17.4. The van der Waals surface area contributed by atoms with E-state index in [9.17, 15) is 13.2 Å². The average Bonchev–Trinajstić information content (AvgIpc) is 3.09. The van der Waals surface area contributed by atoms with E-state index in [0.29, 0.717) is 5.96 Å². The lowest BCUT2D eigenvalue weighted by Gasteiger charge is -2.33. The summed E-state index contributed by atoms with van der Waals surface area (Å²) in [5.74, 6) is 0.489. The normalized spacial score (nSPS) is 16.1. The summed E-state index contributed by atoms with van der Waals surface area (Å²) in [6, 6.07) is 8.08. The van der Waals surface area contributed by atoms with Crippen molar-refractivity contribution >= 4 is 41.5 Å². The molecule has 0 spiro atoms. The second-order valence-corrected chi connectivity index (χ2v) is 7.86. The highest BCUT2D eigenvalue weighted by Crippen LogP contribution is 2.30. The van der Waals surface area contributed by atoms with Crippen molar-refractivity contribution in [2.24, 2.45) is 12.0 Å². The quantitative estimate of drug-likeness (QED) is 0.324. The lowest BCUT2D eigenvalue weighted by atomic mass is 10.0. The van der Waals surface area contributed by atoms with Gasteiger partial charge in [0, 0.05) is 63.1 Å². The largest absolute Gasteiger partial charge is 0.435 e. The van der Waals surface area contributed by atoms with Gasteiger partial charge in [0.2, 0.25) is 0 Å². The van der Waals surface area contributed by atoms with Crippen molar-refractivity contribution < 1.29 is 13.2 Å². The fourth-order valence-corrected chi connectivity index (χ4v) is 3.68. The van der Waals surface area contributed by atoms with Gasteiger partial charge in [-0.3, -0.25) is 14.6 Å². The Morgan fingerprint density at radius 3 is 2.45 bits per heavy atom. The Labute approximate surface area is 202 Å². The summed E-state index contributed by atoms with van der Waals surface area (Å²) in [4.78, 5) is 6.53. The maximum Gasteiger partial charge on any atom is 0.435 e. The number of aryl methyl sites for hydroxylation is 1. The van der Waals surface area contributed by atoms with Gasteiger partial charge in [-0.2, -0.15) is 18.3 Å². The van der Waals surface area contributed by atoms with E-state index in [2.05, 4.69) is 25.6 Å². The number of likely N-dealkylation sites (tertiary alicyclic amines) is 1. The first-order valence-corrected chi connectivity index (χ1v) is 10.2. The van der Waals surface area contributed by atoms with Crippen LogP contribution in [0.5, 0.6) is 0 Å². The molecule has 3 rings (SSSR count). The van der Waals surface area contributed by atoms with Crippen LogP contribution in [0.25, 0.3) is 0 Å². The molecule has 31 heavy (non-hydrogen) atoms. The number of nitrogens with one attached hydrogen (secondary N) is 2. The molecule has 1 aliphatic rings. The molecule has 11 heteroatoms. The molecule has 0 bridgehead atoms. The monoisotopic (exact) mass is 570 g/mol. The van der Waals surface area contributed by atoms with E-state index in [-0.39, 0.29) is 42.1 Å². The molecule has 0 radical (unpaired) electrons. The smallest absolute Gasteiger partial charge is 0.354 e. The first-order valence-electron chi connectivity index (χ1n) is 9.78. The Balaban J connectivity index is 0.00000341. The fourth-order valence-electron chi connectivity index (χ4n) is 3.56. The van der Waals surface area contributed by atoms with Crippen LogP contribution in [0, 0.1) is 0 Å². The Morgan fingerprint density at radius 2 is 1.87 bits per heavy atom. The minimum Gasteiger partial charge on any atom is -0.354 e. The summed E-state index contributed by atoms with van der Waals surface area (Å²) in [7, 11) is 3.09. The third kappa shape index (κ3) is 7.53. The van der Waals surface area contributed by atoms with Gasteiger partial charge < -0.3 is 10.6 Å². The van der Waals surface area contributed by atoms with Gasteiger partial charge in [0.15, 0.2) is 11.7 Å². The van der Waals surface area contributed by atoms with Crippen LogP contribution in [-0.4, -0.2) is 46.8 Å². The van der Waals surface area contributed by atoms with Crippen LogP contribution in [0.1, 0.15) is 29.7 Å². The topological polar surface area (TPSA) is 57.5 Å². The minimum absolute atomic E-state index is 0. The average molecular weight is 571 g/mol. The van der Waals surface area contributed by atoms with E-state index in [1.165, 1.54) is 23.5 Å². The first-order chi connectivity index (χ1) is 14.2. The molecule has 0 unspecified atom stereocenters. The summed E-state index contributed by atoms with van der Waals surface area (Å²) in [6.07, 6.45) is -1.26. The van der Waals surface area contributed by atoms with E-state index < -0.39 is 11.9 Å². The van der Waals surface area contributed by atoms with Gasteiger partial charge in [-0.05, 0) is 30.5 Å². The van der Waals surface area contributed by atoms with E-state index in [1.54, 1.807) is 7.05 Å². The highest BCUT2D eigenvalue weighted by atomic mass is 127. The van der Waals surface area contributed by atoms with Crippen molar-refractivity contribution in [3.8, 4) is 0 Å². The van der Waals surface area contributed by atoms with E-state index >= 15 is 0 Å². The van der Waals surface area contributed by atoms with Gasteiger partial charge in [0.1, 0.15) is 0 Å². The molecular weight excluding hydrogens is 544 g/mol. The van der Waals surface area contributed by atoms with Crippen LogP contribution in [0.3, 0.4) is 0 Å². The SMILES string of the molecule is CN=C(NCc1cn(C)nc1C(F)(F)F)NC1CCN(Cc2ccc(Cl)cc2)CC1.I. The van der Waals surface area contributed by atoms with Crippen LogP contribution in [0.2, 0.25) is 5.02 Å². The zero-order valence-corrected chi connectivity index (χ0v) is 20.5. The lowest BCUT2D eigenvalue weighted by molar-refractivity contribution is -0.142. The number of alkyl halides is 3. The third-order valence-corrected chi connectivity index (χ3v) is 5.34. The maximum absolute atomic E-state index is 13.1. The van der Waals surface area contributed by atoms with Crippen LogP contribution in [-0.2, 0) is 26.3 Å². The van der Waals surface area contributed by atoms with Crippen LogP contribution >= 0.6 is 35.6 Å². The first kappa shape index (κ1) is 25.7. The third-order valence-electron chi connectivity index (χ3n) is 5.09. The molecule has 1 aromatic heterocycles. The van der Waals surface area contributed by atoms with Gasteiger partial charge in [0.25, 0.3) is 0 Å². The summed E-state index contributed by atoms with van der Waals surface area (Å²) in [5.41, 5.74) is 0.439. The highest BCUT2D eigenvalue weighted by Gasteiger charge is 2.36. The molecule has 1 aromatic carbocycles.